The largest absolute Gasteiger partial charge is 0.0683 e. The monoisotopic (exact) mass is 346 g/mol. The number of aryl methyl sites for hydroxylation is 3. The molecule has 0 spiro atoms. The van der Waals surface area contributed by atoms with Crippen molar-refractivity contribution in [3.05, 3.63) is 106 Å². The highest BCUT2D eigenvalue weighted by molar-refractivity contribution is 5.44. The predicted molar refractivity (Wildman–Crippen MR) is 117 cm³/mol. The number of rotatable bonds is 3. The van der Waals surface area contributed by atoms with Gasteiger partial charge in [0.25, 0.3) is 0 Å². The van der Waals surface area contributed by atoms with Crippen LogP contribution in [0.5, 0.6) is 0 Å². The van der Waals surface area contributed by atoms with Gasteiger partial charge >= 0.3 is 0 Å². The zero-order chi connectivity index (χ0) is 19.5. The van der Waals surface area contributed by atoms with Gasteiger partial charge in [0.05, 0.1) is 0 Å². The summed E-state index contributed by atoms with van der Waals surface area (Å²) < 4.78 is 0. The summed E-state index contributed by atoms with van der Waals surface area (Å²) in [6, 6.07) is 26.7. The molecule has 0 aliphatic heterocycles. The van der Waals surface area contributed by atoms with Crippen molar-refractivity contribution < 1.29 is 0 Å². The molecule has 0 aliphatic rings. The topological polar surface area (TPSA) is 0 Å². The van der Waals surface area contributed by atoms with E-state index in [9.17, 15) is 0 Å². The second-order valence-electron chi connectivity index (χ2n) is 6.17. The Kier molecular flexibility index (Phi) is 9.44. The Hall–Kier alpha value is -2.34. The van der Waals surface area contributed by atoms with Gasteiger partial charge in [0.15, 0.2) is 0 Å². The molecule has 0 amide bonds. The van der Waals surface area contributed by atoms with Gasteiger partial charge in [-0.25, -0.2) is 0 Å². The lowest BCUT2D eigenvalue weighted by atomic mass is 9.84. The summed E-state index contributed by atoms with van der Waals surface area (Å²) in [4.78, 5) is 0. The average molecular weight is 347 g/mol. The van der Waals surface area contributed by atoms with E-state index in [1.54, 1.807) is 0 Å². The first-order valence-electron chi connectivity index (χ1n) is 9.83. The summed E-state index contributed by atoms with van der Waals surface area (Å²) in [5, 5.41) is 0. The summed E-state index contributed by atoms with van der Waals surface area (Å²) in [5.41, 5.74) is 7.94. The molecule has 0 heteroatoms. The molecule has 0 saturated carbocycles. The summed E-state index contributed by atoms with van der Waals surface area (Å²) >= 11 is 0. The Morgan fingerprint density at radius 1 is 0.385 bits per heavy atom. The number of benzene rings is 3. The van der Waals surface area contributed by atoms with Crippen LogP contribution >= 0.6 is 0 Å². The molecule has 3 aromatic carbocycles. The summed E-state index contributed by atoms with van der Waals surface area (Å²) in [6.45, 7) is 14.4. The Morgan fingerprint density at radius 3 is 0.769 bits per heavy atom. The molecule has 3 rings (SSSR count). The van der Waals surface area contributed by atoms with Gasteiger partial charge in [-0.05, 0) is 37.5 Å². The lowest BCUT2D eigenvalue weighted by Gasteiger charge is -2.19. The molecule has 0 nitrogen and oxygen atoms in total. The fourth-order valence-electron chi connectivity index (χ4n) is 2.85. The highest BCUT2D eigenvalue weighted by atomic mass is 14.2. The normalized spacial score (nSPS) is 9.69. The molecule has 0 radical (unpaired) electrons. The summed E-state index contributed by atoms with van der Waals surface area (Å²) in [5.74, 6) is 0.293. The van der Waals surface area contributed by atoms with Gasteiger partial charge in [-0.1, -0.05) is 117 Å². The third-order valence-electron chi connectivity index (χ3n) is 4.23. The van der Waals surface area contributed by atoms with Crippen molar-refractivity contribution in [1.82, 2.24) is 0 Å². The van der Waals surface area contributed by atoms with Crippen molar-refractivity contribution in [1.29, 1.82) is 0 Å². The van der Waals surface area contributed by atoms with Gasteiger partial charge < -0.3 is 0 Å². The van der Waals surface area contributed by atoms with Gasteiger partial charge in [0.1, 0.15) is 0 Å². The minimum Gasteiger partial charge on any atom is -0.0683 e. The lowest BCUT2D eigenvalue weighted by Crippen LogP contribution is -2.03. The molecule has 0 saturated heterocycles. The van der Waals surface area contributed by atoms with E-state index >= 15 is 0 Å². The van der Waals surface area contributed by atoms with Crippen LogP contribution in [-0.4, -0.2) is 0 Å². The zero-order valence-corrected chi connectivity index (χ0v) is 17.5. The highest BCUT2D eigenvalue weighted by Gasteiger charge is 2.16. The van der Waals surface area contributed by atoms with Gasteiger partial charge in [-0.15, -0.1) is 0 Å². The van der Waals surface area contributed by atoms with Crippen LogP contribution < -0.4 is 0 Å². The molecule has 0 heterocycles. The third kappa shape index (κ3) is 5.88. The van der Waals surface area contributed by atoms with Crippen LogP contribution in [0.15, 0.2) is 72.8 Å². The van der Waals surface area contributed by atoms with Crippen LogP contribution in [0.3, 0.4) is 0 Å². The Labute approximate surface area is 160 Å². The minimum absolute atomic E-state index is 0.293. The van der Waals surface area contributed by atoms with E-state index in [1.807, 2.05) is 27.7 Å². The maximum absolute atomic E-state index is 2.25. The average Bonchev–Trinajstić information content (AvgIpc) is 2.70. The first kappa shape index (κ1) is 21.7. The van der Waals surface area contributed by atoms with Crippen molar-refractivity contribution in [2.75, 3.05) is 0 Å². The van der Waals surface area contributed by atoms with E-state index in [1.165, 1.54) is 33.4 Å². The van der Waals surface area contributed by atoms with Crippen molar-refractivity contribution >= 4 is 0 Å². The van der Waals surface area contributed by atoms with Crippen LogP contribution in [0.1, 0.15) is 67.0 Å². The Morgan fingerprint density at radius 2 is 0.577 bits per heavy atom. The molecule has 0 aliphatic carbocycles. The molecule has 0 unspecified atom stereocenters. The van der Waals surface area contributed by atoms with E-state index < -0.39 is 0 Å². The molecular formula is C26H34. The third-order valence-corrected chi connectivity index (χ3v) is 4.23. The SMILES string of the molecule is CC.CC.Cc1ccc(C(c2ccc(C)cc2)c2ccc(C)cc2)cc1. The number of hydrogen-bond donors (Lipinski definition) is 0. The summed E-state index contributed by atoms with van der Waals surface area (Å²) in [6.07, 6.45) is 0. The van der Waals surface area contributed by atoms with E-state index in [4.69, 9.17) is 0 Å². The smallest absolute Gasteiger partial charge is 0.0339 e. The molecule has 0 fully saturated rings. The van der Waals surface area contributed by atoms with Crippen LogP contribution in [0.2, 0.25) is 0 Å². The quantitative estimate of drug-likeness (QED) is 0.424. The van der Waals surface area contributed by atoms with Gasteiger partial charge in [0.2, 0.25) is 0 Å². The van der Waals surface area contributed by atoms with Crippen LogP contribution in [0.25, 0.3) is 0 Å². The van der Waals surface area contributed by atoms with Crippen molar-refractivity contribution in [2.45, 2.75) is 54.4 Å². The fraction of sp³-hybridized carbons (Fsp3) is 0.308. The van der Waals surface area contributed by atoms with E-state index in [2.05, 4.69) is 93.6 Å². The van der Waals surface area contributed by atoms with Gasteiger partial charge in [-0.2, -0.15) is 0 Å². The van der Waals surface area contributed by atoms with E-state index in [-0.39, 0.29) is 0 Å². The minimum atomic E-state index is 0.293. The molecule has 0 atom stereocenters. The Balaban J connectivity index is 0.000000791. The second kappa shape index (κ2) is 11.3. The van der Waals surface area contributed by atoms with E-state index in [0.717, 1.165) is 0 Å². The predicted octanol–water partition coefficient (Wildman–Crippen LogP) is 7.84. The van der Waals surface area contributed by atoms with Crippen LogP contribution in [0.4, 0.5) is 0 Å². The van der Waals surface area contributed by atoms with Crippen molar-refractivity contribution in [3.63, 3.8) is 0 Å². The summed E-state index contributed by atoms with van der Waals surface area (Å²) in [7, 11) is 0. The van der Waals surface area contributed by atoms with Gasteiger partial charge in [0, 0.05) is 5.92 Å². The standard InChI is InChI=1S/C22H22.2C2H6/c1-16-4-10-19(11-5-16)22(20-12-6-17(2)7-13-20)21-14-8-18(3)9-15-21;2*1-2/h4-15,22H,1-3H3;2*1-2H3. The van der Waals surface area contributed by atoms with Gasteiger partial charge in [-0.3, -0.25) is 0 Å². The lowest BCUT2D eigenvalue weighted by molar-refractivity contribution is 0.973. The zero-order valence-electron chi connectivity index (χ0n) is 17.5. The van der Waals surface area contributed by atoms with Crippen molar-refractivity contribution in [2.24, 2.45) is 0 Å². The molecule has 138 valence electrons. The second-order valence-corrected chi connectivity index (χ2v) is 6.17. The first-order chi connectivity index (χ1) is 12.6. The van der Waals surface area contributed by atoms with Crippen molar-refractivity contribution in [3.8, 4) is 0 Å². The molecular weight excluding hydrogens is 312 g/mol. The molecule has 0 aromatic heterocycles. The first-order valence-corrected chi connectivity index (χ1v) is 9.83. The Bertz CT molecular complexity index is 623. The molecule has 26 heavy (non-hydrogen) atoms. The molecule has 0 N–H and O–H groups in total. The van der Waals surface area contributed by atoms with Crippen LogP contribution in [0, 0.1) is 20.8 Å². The maximum Gasteiger partial charge on any atom is 0.0339 e. The molecule has 3 aromatic rings. The maximum atomic E-state index is 2.25. The fourth-order valence-corrected chi connectivity index (χ4v) is 2.85. The van der Waals surface area contributed by atoms with Crippen LogP contribution in [-0.2, 0) is 0 Å². The highest BCUT2D eigenvalue weighted by Crippen LogP contribution is 2.32. The molecule has 0 bridgehead atoms. The van der Waals surface area contributed by atoms with E-state index in [0.29, 0.717) is 5.92 Å². The number of hydrogen-bond acceptors (Lipinski definition) is 0.